The maximum Gasteiger partial charge on any atom is 0.433 e. The van der Waals surface area contributed by atoms with Gasteiger partial charge in [-0.2, -0.15) is 4.99 Å². The molecule has 0 bridgehead atoms. The summed E-state index contributed by atoms with van der Waals surface area (Å²) in [6.45, 7) is 5.43. The van der Waals surface area contributed by atoms with E-state index in [1.54, 1.807) is 6.21 Å². The Bertz CT molecular complexity index is 268. The second-order valence-corrected chi connectivity index (χ2v) is 5.34. The molecule has 2 atom stereocenters. The Morgan fingerprint density at radius 2 is 2.12 bits per heavy atom. The summed E-state index contributed by atoms with van der Waals surface area (Å²) >= 11 is 0. The summed E-state index contributed by atoms with van der Waals surface area (Å²) in [5.41, 5.74) is -0.500. The van der Waals surface area contributed by atoms with Crippen molar-refractivity contribution in [1.29, 1.82) is 0 Å². The van der Waals surface area contributed by atoms with Gasteiger partial charge in [0.1, 0.15) is 5.60 Å². The summed E-state index contributed by atoms with van der Waals surface area (Å²) < 4.78 is 5.06. The minimum absolute atomic E-state index is 0.205. The van der Waals surface area contributed by atoms with E-state index in [-0.39, 0.29) is 12.0 Å². The quantitative estimate of drug-likeness (QED) is 0.700. The topological polar surface area (TPSA) is 58.9 Å². The first kappa shape index (κ1) is 13.2. The molecule has 0 aromatic heterocycles. The van der Waals surface area contributed by atoms with Crippen LogP contribution in [0.4, 0.5) is 4.79 Å². The predicted octanol–water partition coefficient (Wildman–Crippen LogP) is 2.54. The normalized spacial score (nSPS) is 27.0. The van der Waals surface area contributed by atoms with E-state index in [1.165, 1.54) is 0 Å². The van der Waals surface area contributed by atoms with Crippen LogP contribution in [0.1, 0.15) is 46.5 Å². The molecular weight excluding hydrogens is 206 g/mol. The molecule has 1 fully saturated rings. The van der Waals surface area contributed by atoms with Crippen LogP contribution in [0.25, 0.3) is 0 Å². The molecule has 1 aliphatic carbocycles. The van der Waals surface area contributed by atoms with Crippen molar-refractivity contribution in [3.05, 3.63) is 0 Å². The Morgan fingerprint density at radius 1 is 1.44 bits per heavy atom. The largest absolute Gasteiger partial charge is 0.442 e. The second kappa shape index (κ2) is 5.43. The molecule has 1 N–H and O–H groups in total. The molecule has 0 spiro atoms. The monoisotopic (exact) mass is 227 g/mol. The molecule has 4 nitrogen and oxygen atoms in total. The molecule has 4 heteroatoms. The standard InChI is InChI=1S/C12H21NO3/c1-12(2,3)16-11(15)13-8-9-5-4-6-10(14)7-9/h8-10,14H,4-7H2,1-3H3/b13-8-/t9?,10-/m1/s1. The van der Waals surface area contributed by atoms with Gasteiger partial charge in [-0.25, -0.2) is 4.79 Å². The highest BCUT2D eigenvalue weighted by Crippen LogP contribution is 2.22. The molecule has 92 valence electrons. The smallest absolute Gasteiger partial charge is 0.433 e. The van der Waals surface area contributed by atoms with Crippen LogP contribution in [0, 0.1) is 5.92 Å². The number of hydrogen-bond acceptors (Lipinski definition) is 3. The molecule has 0 radical (unpaired) electrons. The fraction of sp³-hybridized carbons (Fsp3) is 0.833. The van der Waals surface area contributed by atoms with Crippen LogP contribution in [-0.4, -0.2) is 29.1 Å². The number of aliphatic imine (C=N–C) groups is 1. The van der Waals surface area contributed by atoms with Crippen molar-refractivity contribution in [3.8, 4) is 0 Å². The van der Waals surface area contributed by atoms with E-state index in [9.17, 15) is 9.90 Å². The highest BCUT2D eigenvalue weighted by molar-refractivity contribution is 5.80. The molecule has 1 unspecified atom stereocenters. The van der Waals surface area contributed by atoms with Gasteiger partial charge in [-0.15, -0.1) is 0 Å². The minimum atomic E-state index is -0.549. The molecule has 0 saturated heterocycles. The van der Waals surface area contributed by atoms with E-state index in [0.29, 0.717) is 6.42 Å². The second-order valence-electron chi connectivity index (χ2n) is 5.34. The zero-order valence-electron chi connectivity index (χ0n) is 10.3. The molecule has 1 amide bonds. The summed E-state index contributed by atoms with van der Waals surface area (Å²) in [7, 11) is 0. The third-order valence-corrected chi connectivity index (χ3v) is 2.47. The first-order valence-electron chi connectivity index (χ1n) is 5.82. The fourth-order valence-corrected chi connectivity index (χ4v) is 1.79. The number of carbonyl (C=O) groups excluding carboxylic acids is 1. The van der Waals surface area contributed by atoms with Crippen molar-refractivity contribution >= 4 is 12.3 Å². The number of nitrogens with zero attached hydrogens (tertiary/aromatic N) is 1. The van der Waals surface area contributed by atoms with Crippen LogP contribution in [0.3, 0.4) is 0 Å². The average molecular weight is 227 g/mol. The van der Waals surface area contributed by atoms with Gasteiger partial charge in [-0.1, -0.05) is 6.42 Å². The van der Waals surface area contributed by atoms with E-state index in [0.717, 1.165) is 19.3 Å². The van der Waals surface area contributed by atoms with E-state index in [1.807, 2.05) is 20.8 Å². The van der Waals surface area contributed by atoms with Gasteiger partial charge < -0.3 is 9.84 Å². The number of carbonyl (C=O) groups is 1. The Balaban J connectivity index is 2.38. The van der Waals surface area contributed by atoms with Crippen molar-refractivity contribution in [3.63, 3.8) is 0 Å². The Morgan fingerprint density at radius 3 is 2.69 bits per heavy atom. The maximum atomic E-state index is 11.3. The molecule has 1 aliphatic rings. The molecular formula is C12H21NO3. The Hall–Kier alpha value is -0.900. The number of aliphatic hydroxyl groups is 1. The lowest BCUT2D eigenvalue weighted by atomic mass is 9.88. The van der Waals surface area contributed by atoms with Crippen molar-refractivity contribution < 1.29 is 14.6 Å². The van der Waals surface area contributed by atoms with Crippen LogP contribution < -0.4 is 0 Å². The summed E-state index contributed by atoms with van der Waals surface area (Å²) in [6, 6.07) is 0. The molecule has 1 saturated carbocycles. The van der Waals surface area contributed by atoms with Crippen LogP contribution in [0.15, 0.2) is 4.99 Å². The SMILES string of the molecule is CC(C)(C)OC(=O)/N=C\C1CCC[C@@H](O)C1. The molecule has 0 aliphatic heterocycles. The molecule has 0 heterocycles. The number of ether oxygens (including phenoxy) is 1. The molecule has 16 heavy (non-hydrogen) atoms. The lowest BCUT2D eigenvalue weighted by Crippen LogP contribution is -2.23. The minimum Gasteiger partial charge on any atom is -0.442 e. The average Bonchev–Trinajstić information content (AvgIpc) is 2.12. The molecule has 0 aromatic carbocycles. The van der Waals surface area contributed by atoms with Gasteiger partial charge in [-0.05, 0) is 46.0 Å². The van der Waals surface area contributed by atoms with Gasteiger partial charge in [0.15, 0.2) is 0 Å². The van der Waals surface area contributed by atoms with Gasteiger partial charge in [0.2, 0.25) is 0 Å². The third-order valence-electron chi connectivity index (χ3n) is 2.47. The first-order chi connectivity index (χ1) is 7.37. The highest BCUT2D eigenvalue weighted by Gasteiger charge is 2.19. The predicted molar refractivity (Wildman–Crippen MR) is 62.7 cm³/mol. The summed E-state index contributed by atoms with van der Waals surface area (Å²) in [5, 5.41) is 9.45. The van der Waals surface area contributed by atoms with Gasteiger partial charge in [0.05, 0.1) is 6.10 Å². The molecule has 0 aromatic rings. The van der Waals surface area contributed by atoms with Crippen molar-refractivity contribution in [2.75, 3.05) is 0 Å². The zero-order valence-corrected chi connectivity index (χ0v) is 10.3. The lowest BCUT2D eigenvalue weighted by molar-refractivity contribution is 0.0602. The van der Waals surface area contributed by atoms with E-state index < -0.39 is 11.7 Å². The number of aliphatic hydroxyl groups excluding tert-OH is 1. The highest BCUT2D eigenvalue weighted by atomic mass is 16.6. The number of amides is 1. The van der Waals surface area contributed by atoms with E-state index >= 15 is 0 Å². The summed E-state index contributed by atoms with van der Waals surface area (Å²) in [6.07, 6.45) is 4.37. The Kier molecular flexibility index (Phi) is 4.47. The van der Waals surface area contributed by atoms with Crippen LogP contribution in [0.2, 0.25) is 0 Å². The van der Waals surface area contributed by atoms with Crippen LogP contribution >= 0.6 is 0 Å². The first-order valence-corrected chi connectivity index (χ1v) is 5.82. The molecule has 1 rings (SSSR count). The van der Waals surface area contributed by atoms with Crippen LogP contribution in [0.5, 0.6) is 0 Å². The lowest BCUT2D eigenvalue weighted by Gasteiger charge is -2.22. The van der Waals surface area contributed by atoms with Crippen LogP contribution in [-0.2, 0) is 4.74 Å². The van der Waals surface area contributed by atoms with Crippen molar-refractivity contribution in [2.24, 2.45) is 10.9 Å². The maximum absolute atomic E-state index is 11.3. The summed E-state index contributed by atoms with van der Waals surface area (Å²) in [4.78, 5) is 15.1. The third kappa shape index (κ3) is 5.26. The van der Waals surface area contributed by atoms with E-state index in [4.69, 9.17) is 4.74 Å². The van der Waals surface area contributed by atoms with Gasteiger partial charge in [0, 0.05) is 6.21 Å². The van der Waals surface area contributed by atoms with Crippen molar-refractivity contribution in [2.45, 2.75) is 58.2 Å². The van der Waals surface area contributed by atoms with Crippen molar-refractivity contribution in [1.82, 2.24) is 0 Å². The fourth-order valence-electron chi connectivity index (χ4n) is 1.79. The zero-order chi connectivity index (χ0) is 12.2. The number of hydrogen-bond donors (Lipinski definition) is 1. The van der Waals surface area contributed by atoms with Gasteiger partial charge >= 0.3 is 6.09 Å². The van der Waals surface area contributed by atoms with Gasteiger partial charge in [0.25, 0.3) is 0 Å². The van der Waals surface area contributed by atoms with E-state index in [2.05, 4.69) is 4.99 Å². The summed E-state index contributed by atoms with van der Waals surface area (Å²) in [5.74, 6) is 0.205. The Labute approximate surface area is 96.7 Å². The number of rotatable bonds is 1. The van der Waals surface area contributed by atoms with Gasteiger partial charge in [-0.3, -0.25) is 0 Å².